The molecule has 2 aromatic carbocycles. The zero-order valence-electron chi connectivity index (χ0n) is 10.9. The van der Waals surface area contributed by atoms with E-state index in [0.717, 1.165) is 5.56 Å². The van der Waals surface area contributed by atoms with Crippen LogP contribution in [0.15, 0.2) is 40.9 Å². The van der Waals surface area contributed by atoms with Gasteiger partial charge in [-0.2, -0.15) is 0 Å². The molecule has 0 unspecified atom stereocenters. The molecule has 0 aromatic heterocycles. The van der Waals surface area contributed by atoms with Crippen LogP contribution < -0.4 is 10.1 Å². The van der Waals surface area contributed by atoms with Crippen molar-refractivity contribution in [3.8, 4) is 5.75 Å². The Morgan fingerprint density at radius 1 is 1.15 bits per heavy atom. The second kappa shape index (κ2) is 6.70. The van der Waals surface area contributed by atoms with Crippen molar-refractivity contribution < 1.29 is 13.5 Å². The molecule has 0 fully saturated rings. The van der Waals surface area contributed by atoms with Crippen molar-refractivity contribution in [2.24, 2.45) is 0 Å². The van der Waals surface area contributed by atoms with Gasteiger partial charge in [0.25, 0.3) is 0 Å². The van der Waals surface area contributed by atoms with Gasteiger partial charge in [-0.25, -0.2) is 8.78 Å². The molecule has 2 nitrogen and oxygen atoms in total. The van der Waals surface area contributed by atoms with Gasteiger partial charge in [-0.1, -0.05) is 15.9 Å². The molecule has 20 heavy (non-hydrogen) atoms. The summed E-state index contributed by atoms with van der Waals surface area (Å²) in [5.41, 5.74) is 1.39. The van der Waals surface area contributed by atoms with Crippen LogP contribution in [0.4, 0.5) is 14.5 Å². The Bertz CT molecular complexity index is 584. The Morgan fingerprint density at radius 2 is 1.95 bits per heavy atom. The third-order valence-electron chi connectivity index (χ3n) is 2.65. The largest absolute Gasteiger partial charge is 0.491 e. The number of anilines is 1. The van der Waals surface area contributed by atoms with Gasteiger partial charge in [-0.3, -0.25) is 0 Å². The molecule has 2 aromatic rings. The zero-order valence-corrected chi connectivity index (χ0v) is 12.5. The summed E-state index contributed by atoms with van der Waals surface area (Å²) in [5.74, 6) is -0.502. The first kappa shape index (κ1) is 14.8. The van der Waals surface area contributed by atoms with Crippen LogP contribution in [0, 0.1) is 11.6 Å². The van der Waals surface area contributed by atoms with E-state index in [-0.39, 0.29) is 11.6 Å². The Morgan fingerprint density at radius 3 is 2.60 bits per heavy atom. The highest BCUT2D eigenvalue weighted by Gasteiger charge is 2.04. The van der Waals surface area contributed by atoms with Gasteiger partial charge >= 0.3 is 0 Å². The van der Waals surface area contributed by atoms with Crippen LogP contribution in [0.3, 0.4) is 0 Å². The molecule has 0 aliphatic heterocycles. The van der Waals surface area contributed by atoms with Crippen LogP contribution in [0.5, 0.6) is 5.75 Å². The summed E-state index contributed by atoms with van der Waals surface area (Å²) in [7, 11) is 0. The Balaban J connectivity index is 2.05. The highest BCUT2D eigenvalue weighted by Crippen LogP contribution is 2.22. The lowest BCUT2D eigenvalue weighted by Gasteiger charge is -2.09. The van der Waals surface area contributed by atoms with E-state index < -0.39 is 5.82 Å². The van der Waals surface area contributed by atoms with Crippen molar-refractivity contribution in [1.82, 2.24) is 0 Å². The van der Waals surface area contributed by atoms with Crippen LogP contribution in [-0.2, 0) is 6.54 Å². The van der Waals surface area contributed by atoms with E-state index in [9.17, 15) is 8.78 Å². The lowest BCUT2D eigenvalue weighted by atomic mass is 10.2. The maximum absolute atomic E-state index is 13.7. The highest BCUT2D eigenvalue weighted by molar-refractivity contribution is 9.10. The molecular weight excluding hydrogens is 328 g/mol. The summed E-state index contributed by atoms with van der Waals surface area (Å²) in [6, 6.07) is 9.29. The lowest BCUT2D eigenvalue weighted by molar-refractivity contribution is 0.321. The number of nitrogens with one attached hydrogen (secondary N) is 1. The average molecular weight is 342 g/mol. The molecular formula is C15H14BrF2NO. The fraction of sp³-hybridized carbons (Fsp3) is 0.200. The zero-order chi connectivity index (χ0) is 14.5. The van der Waals surface area contributed by atoms with Crippen LogP contribution in [-0.4, -0.2) is 6.61 Å². The topological polar surface area (TPSA) is 21.3 Å². The molecule has 0 atom stereocenters. The minimum Gasteiger partial charge on any atom is -0.491 e. The van der Waals surface area contributed by atoms with E-state index >= 15 is 0 Å². The van der Waals surface area contributed by atoms with E-state index in [4.69, 9.17) is 4.74 Å². The minimum absolute atomic E-state index is 0.228. The van der Waals surface area contributed by atoms with E-state index in [0.29, 0.717) is 23.3 Å². The first-order valence-corrected chi connectivity index (χ1v) is 6.99. The lowest BCUT2D eigenvalue weighted by Crippen LogP contribution is -2.01. The number of hydrogen-bond acceptors (Lipinski definition) is 2. The molecule has 0 amide bonds. The van der Waals surface area contributed by atoms with Crippen molar-refractivity contribution in [3.05, 3.63) is 58.1 Å². The summed E-state index contributed by atoms with van der Waals surface area (Å²) in [5, 5.41) is 3.04. The molecule has 0 bridgehead atoms. The predicted molar refractivity (Wildman–Crippen MR) is 79.0 cm³/mol. The summed E-state index contributed by atoms with van der Waals surface area (Å²) in [4.78, 5) is 0. The van der Waals surface area contributed by atoms with Crippen molar-refractivity contribution >= 4 is 21.6 Å². The monoisotopic (exact) mass is 341 g/mol. The van der Waals surface area contributed by atoms with E-state index in [1.165, 1.54) is 18.2 Å². The first-order chi connectivity index (χ1) is 9.58. The van der Waals surface area contributed by atoms with Gasteiger partial charge in [0.15, 0.2) is 11.6 Å². The van der Waals surface area contributed by atoms with Crippen LogP contribution in [0.25, 0.3) is 0 Å². The average Bonchev–Trinajstić information content (AvgIpc) is 2.38. The molecule has 0 heterocycles. The van der Waals surface area contributed by atoms with Gasteiger partial charge in [0, 0.05) is 22.8 Å². The highest BCUT2D eigenvalue weighted by atomic mass is 79.9. The van der Waals surface area contributed by atoms with Gasteiger partial charge in [0.1, 0.15) is 5.82 Å². The third-order valence-corrected chi connectivity index (χ3v) is 3.11. The number of rotatable bonds is 5. The first-order valence-electron chi connectivity index (χ1n) is 6.19. The van der Waals surface area contributed by atoms with Crippen LogP contribution in [0.1, 0.15) is 12.5 Å². The maximum atomic E-state index is 13.7. The minimum atomic E-state index is -0.419. The summed E-state index contributed by atoms with van der Waals surface area (Å²) < 4.78 is 32.7. The van der Waals surface area contributed by atoms with Crippen molar-refractivity contribution in [2.45, 2.75) is 13.5 Å². The second-order valence-electron chi connectivity index (χ2n) is 4.21. The quantitative estimate of drug-likeness (QED) is 0.848. The molecule has 1 N–H and O–H groups in total. The van der Waals surface area contributed by atoms with Crippen molar-refractivity contribution in [1.29, 1.82) is 0 Å². The molecule has 0 aliphatic rings. The number of ether oxygens (including phenoxy) is 1. The molecule has 2 rings (SSSR count). The van der Waals surface area contributed by atoms with Gasteiger partial charge in [-0.15, -0.1) is 0 Å². The van der Waals surface area contributed by atoms with E-state index in [1.54, 1.807) is 25.1 Å². The van der Waals surface area contributed by atoms with Gasteiger partial charge < -0.3 is 10.1 Å². The predicted octanol–water partition coefficient (Wildman–Crippen LogP) is 4.74. The van der Waals surface area contributed by atoms with Crippen LogP contribution in [0.2, 0.25) is 0 Å². The van der Waals surface area contributed by atoms with E-state index in [1.807, 2.05) is 0 Å². The Labute approximate surface area is 124 Å². The Kier molecular flexibility index (Phi) is 4.95. The second-order valence-corrected chi connectivity index (χ2v) is 5.13. The summed E-state index contributed by atoms with van der Waals surface area (Å²) >= 11 is 3.23. The molecule has 0 spiro atoms. The van der Waals surface area contributed by atoms with Crippen molar-refractivity contribution in [3.63, 3.8) is 0 Å². The summed E-state index contributed by atoms with van der Waals surface area (Å²) in [6.07, 6.45) is 0. The fourth-order valence-electron chi connectivity index (χ4n) is 1.80. The molecule has 0 saturated heterocycles. The number of benzene rings is 2. The van der Waals surface area contributed by atoms with Crippen molar-refractivity contribution in [2.75, 3.05) is 11.9 Å². The smallest absolute Gasteiger partial charge is 0.167 e. The van der Waals surface area contributed by atoms with E-state index in [2.05, 4.69) is 21.2 Å². The van der Waals surface area contributed by atoms with Crippen LogP contribution >= 0.6 is 15.9 Å². The fourth-order valence-corrected chi connectivity index (χ4v) is 2.31. The third kappa shape index (κ3) is 3.93. The number of halogens is 3. The van der Waals surface area contributed by atoms with Gasteiger partial charge in [0.2, 0.25) is 0 Å². The standard InChI is InChI=1S/C15H14BrF2NO/c1-2-20-15-4-3-13(8-14(15)18)19-9-10-5-11(16)7-12(17)6-10/h3-8,19H,2,9H2,1H3. The Hall–Kier alpha value is -1.62. The van der Waals surface area contributed by atoms with Gasteiger partial charge in [-0.05, 0) is 42.8 Å². The van der Waals surface area contributed by atoms with Gasteiger partial charge in [0.05, 0.1) is 6.61 Å². The molecule has 0 saturated carbocycles. The number of hydrogen-bond donors (Lipinski definition) is 1. The molecule has 0 radical (unpaired) electrons. The molecule has 106 valence electrons. The normalized spacial score (nSPS) is 10.4. The molecule has 0 aliphatic carbocycles. The molecule has 5 heteroatoms. The summed E-state index contributed by atoms with van der Waals surface area (Å²) in [6.45, 7) is 2.62. The SMILES string of the molecule is CCOc1ccc(NCc2cc(F)cc(Br)c2)cc1F. The maximum Gasteiger partial charge on any atom is 0.167 e.